The molecule has 0 bridgehead atoms. The van der Waals surface area contributed by atoms with Gasteiger partial charge in [-0.1, -0.05) is 19.8 Å². The van der Waals surface area contributed by atoms with E-state index in [1.54, 1.807) is 29.8 Å². The number of carbonyl (C=O) groups excluding carboxylic acids is 2. The molecule has 0 radical (unpaired) electrons. The topological polar surface area (TPSA) is 104 Å². The van der Waals surface area contributed by atoms with Crippen LogP contribution < -0.4 is 16.0 Å². The van der Waals surface area contributed by atoms with E-state index in [4.69, 9.17) is 0 Å². The van der Waals surface area contributed by atoms with Crippen LogP contribution in [-0.4, -0.2) is 57.9 Å². The predicted molar refractivity (Wildman–Crippen MR) is 131 cm³/mol. The van der Waals surface area contributed by atoms with Crippen LogP contribution in [0.15, 0.2) is 36.3 Å². The van der Waals surface area contributed by atoms with Crippen molar-refractivity contribution >= 4 is 29.5 Å². The zero-order chi connectivity index (χ0) is 24.0. The van der Waals surface area contributed by atoms with Crippen LogP contribution in [0, 0.1) is 5.92 Å². The van der Waals surface area contributed by atoms with Crippen molar-refractivity contribution < 1.29 is 9.59 Å². The Balaban J connectivity index is 1.84. The Labute approximate surface area is 195 Å². The maximum Gasteiger partial charge on any atom is 0.256 e. The third kappa shape index (κ3) is 6.12. The first kappa shape index (κ1) is 24.3. The molecular weight excluding hydrogens is 418 g/mol. The number of anilines is 2. The lowest BCUT2D eigenvalue weighted by Gasteiger charge is -2.27. The molecule has 2 aromatic heterocycles. The molecule has 9 heteroatoms. The molecule has 0 aromatic carbocycles. The lowest BCUT2D eigenvalue weighted by Crippen LogP contribution is -2.38. The lowest BCUT2D eigenvalue weighted by atomic mass is 9.87. The Morgan fingerprint density at radius 3 is 2.79 bits per heavy atom. The van der Waals surface area contributed by atoms with Crippen LogP contribution in [0.1, 0.15) is 56.8 Å². The first-order valence-electron chi connectivity index (χ1n) is 11.5. The molecule has 9 nitrogen and oxygen atoms in total. The third-order valence-electron chi connectivity index (χ3n) is 6.06. The number of hydrogen-bond acceptors (Lipinski definition) is 7. The summed E-state index contributed by atoms with van der Waals surface area (Å²) in [6, 6.07) is 2.26. The SMILES string of the molecule is CNc1cc(N/C(C=O)=C/C=C\N(C)C(C)C)nc2c(C(=O)NC3CCCC(C)C3)cnn12. The number of aldehydes is 1. The molecule has 1 fully saturated rings. The van der Waals surface area contributed by atoms with Crippen LogP contribution in [0.25, 0.3) is 5.65 Å². The molecule has 0 aliphatic heterocycles. The number of nitrogens with zero attached hydrogens (tertiary/aromatic N) is 4. The van der Waals surface area contributed by atoms with E-state index in [0.29, 0.717) is 40.5 Å². The minimum absolute atomic E-state index is 0.168. The highest BCUT2D eigenvalue weighted by Crippen LogP contribution is 2.24. The third-order valence-corrected chi connectivity index (χ3v) is 6.06. The first-order chi connectivity index (χ1) is 15.8. The quantitative estimate of drug-likeness (QED) is 0.304. The molecule has 3 N–H and O–H groups in total. The smallest absolute Gasteiger partial charge is 0.256 e. The Morgan fingerprint density at radius 2 is 2.12 bits per heavy atom. The van der Waals surface area contributed by atoms with Crippen molar-refractivity contribution in [1.82, 2.24) is 24.8 Å². The normalized spacial score (nSPS) is 19.2. The van der Waals surface area contributed by atoms with E-state index in [-0.39, 0.29) is 11.9 Å². The van der Waals surface area contributed by atoms with Crippen LogP contribution in [-0.2, 0) is 4.79 Å². The molecule has 2 heterocycles. The Morgan fingerprint density at radius 1 is 1.33 bits per heavy atom. The average molecular weight is 454 g/mol. The zero-order valence-electron chi connectivity index (χ0n) is 20.1. The highest BCUT2D eigenvalue weighted by atomic mass is 16.1. The summed E-state index contributed by atoms with van der Waals surface area (Å²) >= 11 is 0. The highest BCUT2D eigenvalue weighted by molar-refractivity contribution is 6.00. The number of rotatable bonds is 9. The molecule has 1 aliphatic carbocycles. The molecule has 2 atom stereocenters. The average Bonchev–Trinajstić information content (AvgIpc) is 3.21. The van der Waals surface area contributed by atoms with Crippen LogP contribution >= 0.6 is 0 Å². The molecule has 1 amide bonds. The first-order valence-corrected chi connectivity index (χ1v) is 11.5. The van der Waals surface area contributed by atoms with Crippen LogP contribution in [0.5, 0.6) is 0 Å². The predicted octanol–water partition coefficient (Wildman–Crippen LogP) is 3.43. The molecule has 3 rings (SSSR count). The Hall–Kier alpha value is -3.36. The van der Waals surface area contributed by atoms with Crippen molar-refractivity contribution in [3.8, 4) is 0 Å². The largest absolute Gasteiger partial charge is 0.378 e. The molecule has 0 saturated heterocycles. The van der Waals surface area contributed by atoms with Crippen molar-refractivity contribution in [2.24, 2.45) is 5.92 Å². The van der Waals surface area contributed by atoms with Gasteiger partial charge in [0.15, 0.2) is 11.9 Å². The summed E-state index contributed by atoms with van der Waals surface area (Å²) in [5.41, 5.74) is 1.18. The summed E-state index contributed by atoms with van der Waals surface area (Å²) in [5, 5.41) is 13.6. The van der Waals surface area contributed by atoms with Crippen LogP contribution in [0.2, 0.25) is 0 Å². The number of aromatic nitrogens is 3. The standard InChI is InChI=1S/C24H35N7O2/c1-16(2)30(5)11-7-10-19(15-32)27-21-13-22(25-4)31-23(29-21)20(14-26-31)24(33)28-18-9-6-8-17(3)12-18/h7,10-11,13-18,25H,6,8-9,12H2,1-5H3,(H,27,29)(H,28,33)/b11-7-,19-10+. The second-order valence-electron chi connectivity index (χ2n) is 8.98. The molecule has 0 spiro atoms. The molecule has 2 unspecified atom stereocenters. The fourth-order valence-corrected chi connectivity index (χ4v) is 3.91. The van der Waals surface area contributed by atoms with Gasteiger partial charge in [0.1, 0.15) is 17.2 Å². The van der Waals surface area contributed by atoms with Gasteiger partial charge in [-0.25, -0.2) is 4.98 Å². The molecule has 33 heavy (non-hydrogen) atoms. The van der Waals surface area contributed by atoms with Crippen molar-refractivity contribution in [2.75, 3.05) is 24.7 Å². The second-order valence-corrected chi connectivity index (χ2v) is 8.98. The van der Waals surface area contributed by atoms with Crippen LogP contribution in [0.3, 0.4) is 0 Å². The number of hydrogen-bond donors (Lipinski definition) is 3. The van der Waals surface area contributed by atoms with Gasteiger partial charge in [0, 0.05) is 32.2 Å². The van der Waals surface area contributed by atoms with E-state index in [0.717, 1.165) is 25.5 Å². The number of fused-ring (bicyclic) bond motifs is 1. The van der Waals surface area contributed by atoms with E-state index in [9.17, 15) is 9.59 Å². The summed E-state index contributed by atoms with van der Waals surface area (Å²) in [6.45, 7) is 6.39. The minimum atomic E-state index is -0.179. The summed E-state index contributed by atoms with van der Waals surface area (Å²) in [4.78, 5) is 31.2. The second kappa shape index (κ2) is 11.0. The molecule has 1 aliphatic rings. The van der Waals surface area contributed by atoms with Crippen molar-refractivity contribution in [3.63, 3.8) is 0 Å². The minimum Gasteiger partial charge on any atom is -0.378 e. The van der Waals surface area contributed by atoms with Gasteiger partial charge in [-0.05, 0) is 51.0 Å². The van der Waals surface area contributed by atoms with Gasteiger partial charge in [0.05, 0.1) is 11.9 Å². The summed E-state index contributed by atoms with van der Waals surface area (Å²) in [5.74, 6) is 1.52. The van der Waals surface area contributed by atoms with Gasteiger partial charge in [0.2, 0.25) is 0 Å². The molecule has 178 valence electrons. The number of nitrogens with one attached hydrogen (secondary N) is 3. The van der Waals surface area contributed by atoms with Gasteiger partial charge in [-0.15, -0.1) is 0 Å². The van der Waals surface area contributed by atoms with Crippen molar-refractivity contribution in [1.29, 1.82) is 0 Å². The fourth-order valence-electron chi connectivity index (χ4n) is 3.91. The van der Waals surface area contributed by atoms with Gasteiger partial charge >= 0.3 is 0 Å². The van der Waals surface area contributed by atoms with E-state index in [1.165, 1.54) is 12.6 Å². The van der Waals surface area contributed by atoms with Crippen molar-refractivity contribution in [2.45, 2.75) is 58.5 Å². The number of carbonyl (C=O) groups is 2. The molecule has 1 saturated carbocycles. The summed E-state index contributed by atoms with van der Waals surface area (Å²) < 4.78 is 1.59. The maximum atomic E-state index is 13.0. The van der Waals surface area contributed by atoms with Gasteiger partial charge in [-0.2, -0.15) is 9.61 Å². The lowest BCUT2D eigenvalue weighted by molar-refractivity contribution is -0.104. The molecular formula is C24H35N7O2. The van der Waals surface area contributed by atoms with E-state index < -0.39 is 0 Å². The van der Waals surface area contributed by atoms with Crippen molar-refractivity contribution in [3.05, 3.63) is 41.9 Å². The summed E-state index contributed by atoms with van der Waals surface area (Å²) in [6.07, 6.45) is 12.0. The summed E-state index contributed by atoms with van der Waals surface area (Å²) in [7, 11) is 3.74. The molecule has 2 aromatic rings. The fraction of sp³-hybridized carbons (Fsp3) is 0.500. The number of amides is 1. The van der Waals surface area contributed by atoms with Gasteiger partial charge in [-0.3, -0.25) is 9.59 Å². The zero-order valence-corrected chi connectivity index (χ0v) is 20.1. The Kier molecular flexibility index (Phi) is 8.08. The maximum absolute atomic E-state index is 13.0. The van der Waals surface area contributed by atoms with E-state index in [2.05, 4.69) is 46.8 Å². The highest BCUT2D eigenvalue weighted by Gasteiger charge is 2.23. The van der Waals surface area contributed by atoms with E-state index >= 15 is 0 Å². The monoisotopic (exact) mass is 453 g/mol. The van der Waals surface area contributed by atoms with E-state index in [1.807, 2.05) is 18.1 Å². The van der Waals surface area contributed by atoms with Gasteiger partial charge < -0.3 is 20.9 Å². The van der Waals surface area contributed by atoms with Gasteiger partial charge in [0.25, 0.3) is 5.91 Å². The van der Waals surface area contributed by atoms with Crippen LogP contribution in [0.4, 0.5) is 11.6 Å². The Bertz CT molecular complexity index is 1040. The number of allylic oxidation sites excluding steroid dienone is 3.